The van der Waals surface area contributed by atoms with E-state index in [0.717, 1.165) is 42.4 Å². The van der Waals surface area contributed by atoms with Crippen LogP contribution in [0.25, 0.3) is 11.4 Å². The van der Waals surface area contributed by atoms with E-state index in [1.807, 2.05) is 41.4 Å². The van der Waals surface area contributed by atoms with Crippen molar-refractivity contribution < 1.29 is 9.53 Å². The number of hydrogen-bond acceptors (Lipinski definition) is 7. The number of anilines is 2. The molecule has 1 aliphatic heterocycles. The largest absolute Gasteiger partial charge is 0.377 e. The summed E-state index contributed by atoms with van der Waals surface area (Å²) in [5.74, 6) is 1.41. The lowest BCUT2D eigenvalue weighted by Crippen LogP contribution is -2.34. The molecule has 1 amide bonds. The molecule has 3 aromatic rings. The highest BCUT2D eigenvalue weighted by atomic mass is 16.5. The van der Waals surface area contributed by atoms with Gasteiger partial charge >= 0.3 is 0 Å². The maximum absolute atomic E-state index is 12.9. The molecule has 9 heteroatoms. The van der Waals surface area contributed by atoms with Gasteiger partial charge in [-0.3, -0.25) is 4.79 Å². The number of likely N-dealkylation sites (N-methyl/N-ethyl adjacent to an activating group) is 1. The van der Waals surface area contributed by atoms with E-state index in [1.165, 1.54) is 0 Å². The zero-order valence-corrected chi connectivity index (χ0v) is 20.5. The third-order valence-electron chi connectivity index (χ3n) is 6.15. The molecule has 0 unspecified atom stereocenters. The van der Waals surface area contributed by atoms with E-state index in [1.54, 1.807) is 13.3 Å². The van der Waals surface area contributed by atoms with Crippen LogP contribution in [-0.4, -0.2) is 75.6 Å². The molecule has 2 aromatic heterocycles. The molecule has 0 aliphatic carbocycles. The number of likely N-dealkylation sites (tertiary alicyclic amines) is 1. The number of rotatable bonds is 8. The van der Waals surface area contributed by atoms with E-state index in [-0.39, 0.29) is 11.9 Å². The van der Waals surface area contributed by atoms with Crippen LogP contribution in [-0.2, 0) is 11.3 Å². The van der Waals surface area contributed by atoms with Gasteiger partial charge in [0.25, 0.3) is 5.91 Å². The second-order valence-electron chi connectivity index (χ2n) is 9.08. The average molecular weight is 464 g/mol. The molecule has 4 rings (SSSR count). The molecular weight excluding hydrogens is 430 g/mol. The third kappa shape index (κ3) is 5.10. The lowest BCUT2D eigenvalue weighted by Gasteiger charge is -2.20. The smallest absolute Gasteiger partial charge is 0.253 e. The molecule has 1 saturated heterocycles. The van der Waals surface area contributed by atoms with Gasteiger partial charge in [-0.25, -0.2) is 15.0 Å². The Morgan fingerprint density at radius 2 is 1.97 bits per heavy atom. The number of carbonyl (C=O) groups is 1. The minimum atomic E-state index is 0.0722. The molecule has 34 heavy (non-hydrogen) atoms. The van der Waals surface area contributed by atoms with Crippen molar-refractivity contribution in [3.05, 3.63) is 54.1 Å². The third-order valence-corrected chi connectivity index (χ3v) is 6.15. The predicted octanol–water partition coefficient (Wildman–Crippen LogP) is 3.59. The van der Waals surface area contributed by atoms with E-state index in [9.17, 15) is 4.79 Å². The molecule has 1 N–H and O–H groups in total. The fourth-order valence-corrected chi connectivity index (χ4v) is 4.32. The number of amides is 1. The lowest BCUT2D eigenvalue weighted by molar-refractivity contribution is 0.0783. The number of methoxy groups -OCH3 is 1. The summed E-state index contributed by atoms with van der Waals surface area (Å²) in [6, 6.07) is 9.98. The van der Waals surface area contributed by atoms with E-state index in [4.69, 9.17) is 9.72 Å². The molecular formula is C25H33N7O2. The maximum atomic E-state index is 12.9. The second kappa shape index (κ2) is 10.3. The zero-order chi connectivity index (χ0) is 24.2. The normalized spacial score (nSPS) is 16.0. The molecule has 1 atom stereocenters. The molecule has 3 heterocycles. The highest BCUT2D eigenvalue weighted by Crippen LogP contribution is 2.25. The Morgan fingerprint density at radius 1 is 1.21 bits per heavy atom. The fourth-order valence-electron chi connectivity index (χ4n) is 4.32. The van der Waals surface area contributed by atoms with E-state index >= 15 is 0 Å². The van der Waals surface area contributed by atoms with Crippen molar-refractivity contribution >= 4 is 17.5 Å². The summed E-state index contributed by atoms with van der Waals surface area (Å²) < 4.78 is 7.41. The molecule has 9 nitrogen and oxygen atoms in total. The molecule has 0 radical (unpaired) electrons. The Hall–Kier alpha value is -3.30. The molecule has 0 saturated carbocycles. The summed E-state index contributed by atoms with van der Waals surface area (Å²) >= 11 is 0. The number of nitrogens with zero attached hydrogens (tertiary/aromatic N) is 6. The summed E-state index contributed by atoms with van der Waals surface area (Å²) in [5, 5.41) is 3.24. The van der Waals surface area contributed by atoms with E-state index in [2.05, 4.69) is 52.7 Å². The van der Waals surface area contributed by atoms with Gasteiger partial charge in [-0.2, -0.15) is 0 Å². The van der Waals surface area contributed by atoms with Crippen LogP contribution in [0.3, 0.4) is 0 Å². The van der Waals surface area contributed by atoms with Crippen LogP contribution in [0, 0.1) is 0 Å². The van der Waals surface area contributed by atoms with Gasteiger partial charge in [-0.05, 0) is 64.7 Å². The van der Waals surface area contributed by atoms with E-state index in [0.29, 0.717) is 24.2 Å². The number of aromatic nitrogens is 4. The fraction of sp³-hybridized carbons (Fsp3) is 0.440. The molecule has 1 fully saturated rings. The van der Waals surface area contributed by atoms with E-state index < -0.39 is 0 Å². The van der Waals surface area contributed by atoms with Crippen LogP contribution < -0.4 is 5.32 Å². The van der Waals surface area contributed by atoms with Crippen LogP contribution >= 0.6 is 0 Å². The second-order valence-corrected chi connectivity index (χ2v) is 9.08. The SMILES string of the molecule is COCc1ncc(-c2ccnc(Nc3ccc(C(=O)N4CC[C@H](N(C)C)C4)cc3)n2)n1C(C)C. The van der Waals surface area contributed by atoms with Crippen molar-refractivity contribution in [1.82, 2.24) is 29.3 Å². The Labute approximate surface area is 200 Å². The molecule has 1 aliphatic rings. The van der Waals surface area contributed by atoms with Crippen LogP contribution in [0.1, 0.15) is 42.5 Å². The summed E-state index contributed by atoms with van der Waals surface area (Å²) in [6.45, 7) is 6.21. The number of nitrogens with one attached hydrogen (secondary N) is 1. The van der Waals surface area contributed by atoms with Crippen molar-refractivity contribution in [2.24, 2.45) is 0 Å². The lowest BCUT2D eigenvalue weighted by atomic mass is 10.2. The van der Waals surface area contributed by atoms with Gasteiger partial charge < -0.3 is 24.4 Å². The van der Waals surface area contributed by atoms with Gasteiger partial charge in [-0.15, -0.1) is 0 Å². The Balaban J connectivity index is 1.47. The average Bonchev–Trinajstić information content (AvgIpc) is 3.48. The van der Waals surface area contributed by atoms with Crippen molar-refractivity contribution in [1.29, 1.82) is 0 Å². The topological polar surface area (TPSA) is 88.4 Å². The van der Waals surface area contributed by atoms with Gasteiger partial charge in [0.1, 0.15) is 12.4 Å². The maximum Gasteiger partial charge on any atom is 0.253 e. The minimum Gasteiger partial charge on any atom is -0.377 e. The number of imidazole rings is 1. The van der Waals surface area contributed by atoms with Crippen LogP contribution in [0.15, 0.2) is 42.7 Å². The Morgan fingerprint density at radius 3 is 2.62 bits per heavy atom. The quantitative estimate of drug-likeness (QED) is 0.546. The van der Waals surface area contributed by atoms with Crippen molar-refractivity contribution in [2.45, 2.75) is 39.0 Å². The van der Waals surface area contributed by atoms with Crippen molar-refractivity contribution in [2.75, 3.05) is 39.6 Å². The molecule has 0 bridgehead atoms. The number of hydrogen-bond donors (Lipinski definition) is 1. The zero-order valence-electron chi connectivity index (χ0n) is 20.5. The van der Waals surface area contributed by atoms with Crippen LogP contribution in [0.4, 0.5) is 11.6 Å². The van der Waals surface area contributed by atoms with Gasteiger partial charge in [0.05, 0.1) is 17.6 Å². The first-order valence-corrected chi connectivity index (χ1v) is 11.6. The molecule has 180 valence electrons. The number of benzene rings is 1. The minimum absolute atomic E-state index is 0.0722. The van der Waals surface area contributed by atoms with Crippen LogP contribution in [0.5, 0.6) is 0 Å². The van der Waals surface area contributed by atoms with Crippen molar-refractivity contribution in [3.63, 3.8) is 0 Å². The first kappa shape index (κ1) is 23.8. The van der Waals surface area contributed by atoms with Gasteiger partial charge in [-0.1, -0.05) is 0 Å². The summed E-state index contributed by atoms with van der Waals surface area (Å²) in [4.78, 5) is 30.5. The predicted molar refractivity (Wildman–Crippen MR) is 132 cm³/mol. The van der Waals surface area contributed by atoms with Gasteiger partial charge in [0, 0.05) is 49.7 Å². The summed E-state index contributed by atoms with van der Waals surface area (Å²) in [6.07, 6.45) is 4.56. The first-order valence-electron chi connectivity index (χ1n) is 11.6. The first-order chi connectivity index (χ1) is 16.4. The Bertz CT molecular complexity index is 1120. The Kier molecular flexibility index (Phi) is 7.23. The highest BCUT2D eigenvalue weighted by Gasteiger charge is 2.28. The molecule has 1 aromatic carbocycles. The summed E-state index contributed by atoms with van der Waals surface area (Å²) in [5.41, 5.74) is 3.19. The molecule has 0 spiro atoms. The van der Waals surface area contributed by atoms with Crippen molar-refractivity contribution in [3.8, 4) is 11.4 Å². The van der Waals surface area contributed by atoms with Gasteiger partial charge in [0.2, 0.25) is 5.95 Å². The summed E-state index contributed by atoms with van der Waals surface area (Å²) in [7, 11) is 5.78. The van der Waals surface area contributed by atoms with Crippen LogP contribution in [0.2, 0.25) is 0 Å². The van der Waals surface area contributed by atoms with Gasteiger partial charge in [0.15, 0.2) is 0 Å². The standard InChI is InChI=1S/C25H33N7O2/c1-17(2)32-22(14-27-23(32)16-34-5)21-10-12-26-25(29-21)28-19-8-6-18(7-9-19)24(33)31-13-11-20(15-31)30(3)4/h6-10,12,14,17,20H,11,13,15-16H2,1-5H3,(H,26,28,29)/t20-/m0/s1. The highest BCUT2D eigenvalue weighted by molar-refractivity contribution is 5.94. The monoisotopic (exact) mass is 463 g/mol. The number of ether oxygens (including phenoxy) is 1. The number of carbonyl (C=O) groups excluding carboxylic acids is 1.